The second kappa shape index (κ2) is 8.06. The second-order valence-corrected chi connectivity index (χ2v) is 4.61. The number of nitrogens with two attached hydrogens (primary N) is 1. The number of likely N-dealkylation sites (N-methyl/N-ethyl adjacent to an activating group) is 1. The highest BCUT2D eigenvalue weighted by molar-refractivity contribution is 7.80. The zero-order valence-corrected chi connectivity index (χ0v) is 12.0. The molecule has 0 amide bonds. The molecule has 1 aromatic carbocycles. The van der Waals surface area contributed by atoms with E-state index in [2.05, 4.69) is 18.7 Å². The van der Waals surface area contributed by atoms with E-state index in [1.165, 1.54) is 6.42 Å². The van der Waals surface area contributed by atoms with Crippen molar-refractivity contribution in [1.82, 2.24) is 4.90 Å². The van der Waals surface area contributed by atoms with Gasteiger partial charge in [0.25, 0.3) is 0 Å². The van der Waals surface area contributed by atoms with Crippen LogP contribution in [0.1, 0.15) is 25.8 Å². The largest absolute Gasteiger partial charge is 0.492 e. The van der Waals surface area contributed by atoms with Crippen molar-refractivity contribution in [3.8, 4) is 5.75 Å². The molecule has 0 saturated heterocycles. The highest BCUT2D eigenvalue weighted by atomic mass is 32.1. The monoisotopic (exact) mass is 266 g/mol. The van der Waals surface area contributed by atoms with Gasteiger partial charge >= 0.3 is 0 Å². The minimum absolute atomic E-state index is 0.404. The molecule has 0 unspecified atom stereocenters. The lowest BCUT2D eigenvalue weighted by Crippen LogP contribution is -2.29. The first kappa shape index (κ1) is 14.9. The number of hydrogen-bond donors (Lipinski definition) is 1. The molecule has 0 aliphatic heterocycles. The third kappa shape index (κ3) is 5.02. The van der Waals surface area contributed by atoms with Gasteiger partial charge in [0.2, 0.25) is 0 Å². The smallest absolute Gasteiger partial charge is 0.120 e. The fourth-order valence-corrected chi connectivity index (χ4v) is 1.90. The van der Waals surface area contributed by atoms with Crippen LogP contribution in [-0.4, -0.2) is 36.1 Å². The zero-order valence-electron chi connectivity index (χ0n) is 11.2. The van der Waals surface area contributed by atoms with Gasteiger partial charge in [0, 0.05) is 12.1 Å². The average molecular weight is 266 g/mol. The molecule has 100 valence electrons. The lowest BCUT2D eigenvalue weighted by atomic mass is 10.2. The van der Waals surface area contributed by atoms with Gasteiger partial charge in [0.15, 0.2) is 0 Å². The molecule has 3 nitrogen and oxygen atoms in total. The van der Waals surface area contributed by atoms with Gasteiger partial charge in [0.05, 0.1) is 0 Å². The molecule has 0 atom stereocenters. The Kier molecular flexibility index (Phi) is 6.68. The van der Waals surface area contributed by atoms with E-state index in [1.54, 1.807) is 0 Å². The molecule has 2 N–H and O–H groups in total. The summed E-state index contributed by atoms with van der Waals surface area (Å²) >= 11 is 4.94. The van der Waals surface area contributed by atoms with Crippen molar-refractivity contribution >= 4 is 17.2 Å². The first-order valence-corrected chi connectivity index (χ1v) is 6.83. The predicted octanol–water partition coefficient (Wildman–Crippen LogP) is 2.43. The van der Waals surface area contributed by atoms with E-state index in [0.29, 0.717) is 11.6 Å². The molecule has 0 bridgehead atoms. The summed E-state index contributed by atoms with van der Waals surface area (Å²) in [6.07, 6.45) is 1.17. The van der Waals surface area contributed by atoms with E-state index >= 15 is 0 Å². The van der Waals surface area contributed by atoms with Crippen molar-refractivity contribution < 1.29 is 4.74 Å². The van der Waals surface area contributed by atoms with Crippen molar-refractivity contribution in [3.05, 3.63) is 29.8 Å². The fraction of sp³-hybridized carbons (Fsp3) is 0.500. The van der Waals surface area contributed by atoms with Crippen molar-refractivity contribution in [3.63, 3.8) is 0 Å². The molecule has 1 rings (SSSR count). The van der Waals surface area contributed by atoms with Crippen LogP contribution in [0, 0.1) is 0 Å². The Bertz CT molecular complexity index is 382. The molecule has 0 heterocycles. The lowest BCUT2D eigenvalue weighted by molar-refractivity contribution is 0.216. The Balaban J connectivity index is 2.43. The fourth-order valence-electron chi connectivity index (χ4n) is 1.78. The van der Waals surface area contributed by atoms with Gasteiger partial charge in [-0.3, -0.25) is 0 Å². The van der Waals surface area contributed by atoms with Gasteiger partial charge in [-0.15, -0.1) is 0 Å². The molecule has 0 aliphatic carbocycles. The molecule has 0 spiro atoms. The highest BCUT2D eigenvalue weighted by Gasteiger charge is 2.02. The summed E-state index contributed by atoms with van der Waals surface area (Å²) in [4.78, 5) is 2.78. The van der Waals surface area contributed by atoms with Gasteiger partial charge in [-0.2, -0.15) is 0 Å². The topological polar surface area (TPSA) is 38.5 Å². The van der Waals surface area contributed by atoms with Crippen LogP contribution in [0.2, 0.25) is 0 Å². The van der Waals surface area contributed by atoms with Crippen molar-refractivity contribution in [1.29, 1.82) is 0 Å². The first-order chi connectivity index (χ1) is 8.67. The Hall–Kier alpha value is -1.13. The second-order valence-electron chi connectivity index (χ2n) is 4.17. The summed E-state index contributed by atoms with van der Waals surface area (Å²) in [5.74, 6) is 0.827. The number of rotatable bonds is 8. The maximum atomic E-state index is 5.72. The number of nitrogens with zero attached hydrogens (tertiary/aromatic N) is 1. The standard InChI is InChI=1S/C14H22N2OS/c1-3-8-16(4-2)9-10-17-13-7-5-6-12(11-13)14(15)18/h5-7,11H,3-4,8-10H2,1-2H3,(H2,15,18). The van der Waals surface area contributed by atoms with Gasteiger partial charge in [-0.05, 0) is 31.6 Å². The zero-order chi connectivity index (χ0) is 13.4. The van der Waals surface area contributed by atoms with E-state index in [-0.39, 0.29) is 0 Å². The van der Waals surface area contributed by atoms with Crippen LogP contribution in [-0.2, 0) is 0 Å². The Morgan fingerprint density at radius 2 is 2.11 bits per heavy atom. The Morgan fingerprint density at radius 1 is 1.33 bits per heavy atom. The maximum absolute atomic E-state index is 5.72. The van der Waals surface area contributed by atoms with Crippen molar-refractivity contribution in [2.24, 2.45) is 5.73 Å². The molecule has 0 saturated carbocycles. The van der Waals surface area contributed by atoms with Gasteiger partial charge in [0.1, 0.15) is 17.3 Å². The summed E-state index contributed by atoms with van der Waals surface area (Å²) in [5.41, 5.74) is 6.44. The molecule has 0 radical (unpaired) electrons. The van der Waals surface area contributed by atoms with Crippen molar-refractivity contribution in [2.45, 2.75) is 20.3 Å². The predicted molar refractivity (Wildman–Crippen MR) is 80.2 cm³/mol. The number of ether oxygens (including phenoxy) is 1. The summed E-state index contributed by atoms with van der Waals surface area (Å²) in [6.45, 7) is 8.17. The van der Waals surface area contributed by atoms with Gasteiger partial charge in [-0.25, -0.2) is 0 Å². The van der Waals surface area contributed by atoms with Gasteiger partial charge in [-0.1, -0.05) is 38.2 Å². The molecule has 0 aromatic heterocycles. The molecule has 1 aromatic rings. The first-order valence-electron chi connectivity index (χ1n) is 6.42. The van der Waals surface area contributed by atoms with Crippen LogP contribution in [0.15, 0.2) is 24.3 Å². The minimum Gasteiger partial charge on any atom is -0.492 e. The van der Waals surface area contributed by atoms with Gasteiger partial charge < -0.3 is 15.4 Å². The molecule has 0 fully saturated rings. The lowest BCUT2D eigenvalue weighted by Gasteiger charge is -2.19. The quantitative estimate of drug-likeness (QED) is 0.734. The third-order valence-corrected chi connectivity index (χ3v) is 3.02. The third-order valence-electron chi connectivity index (χ3n) is 2.78. The minimum atomic E-state index is 0.404. The van der Waals surface area contributed by atoms with Crippen LogP contribution >= 0.6 is 12.2 Å². The summed E-state index contributed by atoms with van der Waals surface area (Å²) in [6, 6.07) is 7.62. The number of benzene rings is 1. The maximum Gasteiger partial charge on any atom is 0.120 e. The molecular formula is C14H22N2OS. The van der Waals surface area contributed by atoms with E-state index in [0.717, 1.165) is 30.9 Å². The molecule has 0 aliphatic rings. The van der Waals surface area contributed by atoms with E-state index in [1.807, 2.05) is 24.3 Å². The highest BCUT2D eigenvalue weighted by Crippen LogP contribution is 2.13. The van der Waals surface area contributed by atoms with Crippen molar-refractivity contribution in [2.75, 3.05) is 26.2 Å². The summed E-state index contributed by atoms with van der Waals surface area (Å²) in [7, 11) is 0. The normalized spacial score (nSPS) is 10.6. The van der Waals surface area contributed by atoms with E-state index < -0.39 is 0 Å². The van der Waals surface area contributed by atoms with Crippen LogP contribution in [0.25, 0.3) is 0 Å². The molecule has 4 heteroatoms. The average Bonchev–Trinajstić information content (AvgIpc) is 2.38. The van der Waals surface area contributed by atoms with Crippen LogP contribution in [0.5, 0.6) is 5.75 Å². The van der Waals surface area contributed by atoms with Crippen LogP contribution in [0.3, 0.4) is 0 Å². The summed E-state index contributed by atoms with van der Waals surface area (Å²) in [5, 5.41) is 0. The SMILES string of the molecule is CCCN(CC)CCOc1cccc(C(N)=S)c1. The number of thiocarbonyl (C=S) groups is 1. The van der Waals surface area contributed by atoms with E-state index in [9.17, 15) is 0 Å². The Labute approximate surface area is 115 Å². The van der Waals surface area contributed by atoms with Crippen LogP contribution < -0.4 is 10.5 Å². The summed E-state index contributed by atoms with van der Waals surface area (Å²) < 4.78 is 5.72. The van der Waals surface area contributed by atoms with E-state index in [4.69, 9.17) is 22.7 Å². The molecular weight excluding hydrogens is 244 g/mol. The molecule has 18 heavy (non-hydrogen) atoms. The number of hydrogen-bond acceptors (Lipinski definition) is 3. The van der Waals surface area contributed by atoms with Crippen LogP contribution in [0.4, 0.5) is 0 Å². The Morgan fingerprint density at radius 3 is 2.72 bits per heavy atom.